The number of nitrogens with zero attached hydrogens (tertiary/aromatic N) is 1. The quantitative estimate of drug-likeness (QED) is 0.821. The van der Waals surface area contributed by atoms with Gasteiger partial charge < -0.3 is 5.32 Å². The van der Waals surface area contributed by atoms with E-state index in [4.69, 9.17) is 0 Å². The lowest BCUT2D eigenvalue weighted by atomic mass is 10.4. The molecule has 5 nitrogen and oxygen atoms in total. The third-order valence-electron chi connectivity index (χ3n) is 2.91. The van der Waals surface area contributed by atoms with E-state index in [9.17, 15) is 8.42 Å². The van der Waals surface area contributed by atoms with Crippen molar-refractivity contribution in [1.82, 2.24) is 9.71 Å². The largest absolute Gasteiger partial charge is 0.369 e. The maximum atomic E-state index is 12.4. The summed E-state index contributed by atoms with van der Waals surface area (Å²) in [5, 5.41) is 2.97. The van der Waals surface area contributed by atoms with Gasteiger partial charge in [-0.1, -0.05) is 6.92 Å². The summed E-state index contributed by atoms with van der Waals surface area (Å²) in [6.07, 6.45) is 2.54. The fraction of sp³-hybridized carbons (Fsp3) is 0.357. The zero-order valence-corrected chi connectivity index (χ0v) is 13.7. The second-order valence-electron chi connectivity index (χ2n) is 4.43. The molecular weight excluding hydrogens is 306 g/mol. The smallest absolute Gasteiger partial charge is 0.244 e. The number of anilines is 1. The Kier molecular flexibility index (Phi) is 5.33. The van der Waals surface area contributed by atoms with Crippen molar-refractivity contribution in [2.45, 2.75) is 31.7 Å². The third kappa shape index (κ3) is 4.03. The first-order valence-electron chi connectivity index (χ1n) is 6.83. The number of rotatable bonds is 7. The van der Waals surface area contributed by atoms with Gasteiger partial charge in [-0.2, -0.15) is 0 Å². The lowest BCUT2D eigenvalue weighted by Gasteiger charge is -2.10. The van der Waals surface area contributed by atoms with Crippen LogP contribution in [-0.2, 0) is 23.0 Å². The van der Waals surface area contributed by atoms with Gasteiger partial charge in [-0.25, -0.2) is 18.1 Å². The Morgan fingerprint density at radius 2 is 1.95 bits per heavy atom. The van der Waals surface area contributed by atoms with E-state index in [1.54, 1.807) is 29.7 Å². The minimum Gasteiger partial charge on any atom is -0.369 e. The monoisotopic (exact) mass is 325 g/mol. The van der Waals surface area contributed by atoms with Crippen LogP contribution in [0, 0.1) is 0 Å². The Balaban J connectivity index is 2.14. The SMILES string of the molecule is CCNc1ncccc1S(=O)(=O)NCc1ccc(CC)s1. The van der Waals surface area contributed by atoms with E-state index < -0.39 is 10.0 Å². The second kappa shape index (κ2) is 7.02. The highest BCUT2D eigenvalue weighted by Gasteiger charge is 2.19. The van der Waals surface area contributed by atoms with E-state index in [0.717, 1.165) is 11.3 Å². The highest BCUT2D eigenvalue weighted by Crippen LogP contribution is 2.20. The van der Waals surface area contributed by atoms with Crippen LogP contribution in [0.2, 0.25) is 0 Å². The Bertz CT molecular complexity index is 696. The molecule has 7 heteroatoms. The highest BCUT2D eigenvalue weighted by molar-refractivity contribution is 7.89. The van der Waals surface area contributed by atoms with E-state index in [1.165, 1.54) is 4.88 Å². The molecule has 0 aliphatic rings. The van der Waals surface area contributed by atoms with Crippen LogP contribution >= 0.6 is 11.3 Å². The molecule has 0 unspecified atom stereocenters. The molecule has 0 aromatic carbocycles. The van der Waals surface area contributed by atoms with Crippen molar-refractivity contribution in [3.63, 3.8) is 0 Å². The summed E-state index contributed by atoms with van der Waals surface area (Å²) >= 11 is 1.63. The summed E-state index contributed by atoms with van der Waals surface area (Å²) in [7, 11) is -3.58. The van der Waals surface area contributed by atoms with E-state index >= 15 is 0 Å². The summed E-state index contributed by atoms with van der Waals surface area (Å²) in [4.78, 5) is 6.51. The number of thiophene rings is 1. The third-order valence-corrected chi connectivity index (χ3v) is 5.57. The molecule has 2 N–H and O–H groups in total. The van der Waals surface area contributed by atoms with Crippen molar-refractivity contribution in [2.75, 3.05) is 11.9 Å². The van der Waals surface area contributed by atoms with E-state index in [0.29, 0.717) is 18.9 Å². The van der Waals surface area contributed by atoms with Gasteiger partial charge in [-0.15, -0.1) is 11.3 Å². The van der Waals surface area contributed by atoms with E-state index in [2.05, 4.69) is 21.9 Å². The number of aromatic nitrogens is 1. The fourth-order valence-corrected chi connectivity index (χ4v) is 3.99. The molecule has 0 radical (unpaired) electrons. The Hall–Kier alpha value is -1.44. The molecule has 0 aliphatic carbocycles. The second-order valence-corrected chi connectivity index (χ2v) is 7.41. The van der Waals surface area contributed by atoms with Gasteiger partial charge >= 0.3 is 0 Å². The topological polar surface area (TPSA) is 71.1 Å². The van der Waals surface area contributed by atoms with E-state index in [-0.39, 0.29) is 4.90 Å². The molecule has 0 fully saturated rings. The van der Waals surface area contributed by atoms with Crippen molar-refractivity contribution < 1.29 is 8.42 Å². The summed E-state index contributed by atoms with van der Waals surface area (Å²) in [5.41, 5.74) is 0. The van der Waals surface area contributed by atoms with Crippen molar-refractivity contribution in [3.8, 4) is 0 Å². The molecule has 0 spiro atoms. The number of hydrogen-bond donors (Lipinski definition) is 2. The van der Waals surface area contributed by atoms with Gasteiger partial charge in [-0.3, -0.25) is 0 Å². The molecule has 0 saturated carbocycles. The Morgan fingerprint density at radius 3 is 2.62 bits per heavy atom. The van der Waals surface area contributed by atoms with Crippen LogP contribution in [0.1, 0.15) is 23.6 Å². The van der Waals surface area contributed by atoms with Crippen LogP contribution in [0.15, 0.2) is 35.4 Å². The van der Waals surface area contributed by atoms with Crippen LogP contribution in [0.25, 0.3) is 0 Å². The summed E-state index contributed by atoms with van der Waals surface area (Å²) in [5.74, 6) is 0.382. The summed E-state index contributed by atoms with van der Waals surface area (Å²) < 4.78 is 27.4. The molecule has 21 heavy (non-hydrogen) atoms. The number of aryl methyl sites for hydroxylation is 1. The summed E-state index contributed by atoms with van der Waals surface area (Å²) in [6.45, 7) is 4.90. The molecule has 2 aromatic heterocycles. The average molecular weight is 325 g/mol. The lowest BCUT2D eigenvalue weighted by Crippen LogP contribution is -2.24. The van der Waals surface area contributed by atoms with Crippen molar-refractivity contribution in [2.24, 2.45) is 0 Å². The van der Waals surface area contributed by atoms with Gasteiger partial charge in [0.15, 0.2) is 0 Å². The number of hydrogen-bond acceptors (Lipinski definition) is 5. The molecule has 0 atom stereocenters. The van der Waals surface area contributed by atoms with Gasteiger partial charge in [0.1, 0.15) is 10.7 Å². The predicted octanol–water partition coefficient (Wildman–Crippen LogP) is 2.62. The number of sulfonamides is 1. The van der Waals surface area contributed by atoms with Crippen LogP contribution < -0.4 is 10.0 Å². The molecule has 2 aromatic rings. The predicted molar refractivity (Wildman–Crippen MR) is 86.1 cm³/mol. The van der Waals surface area contributed by atoms with E-state index in [1.807, 2.05) is 19.1 Å². The number of nitrogens with one attached hydrogen (secondary N) is 2. The minimum atomic E-state index is -3.58. The molecule has 0 amide bonds. The first-order valence-corrected chi connectivity index (χ1v) is 9.13. The van der Waals surface area contributed by atoms with Gasteiger partial charge in [0, 0.05) is 29.0 Å². The number of pyridine rings is 1. The maximum Gasteiger partial charge on any atom is 0.244 e. The van der Waals surface area contributed by atoms with Crippen LogP contribution in [0.3, 0.4) is 0 Å². The molecule has 2 heterocycles. The average Bonchev–Trinajstić information content (AvgIpc) is 2.94. The van der Waals surface area contributed by atoms with Crippen LogP contribution in [0.5, 0.6) is 0 Å². The highest BCUT2D eigenvalue weighted by atomic mass is 32.2. The summed E-state index contributed by atoms with van der Waals surface area (Å²) in [6, 6.07) is 7.16. The first kappa shape index (κ1) is 15.9. The zero-order chi connectivity index (χ0) is 15.3. The van der Waals surface area contributed by atoms with Gasteiger partial charge in [0.25, 0.3) is 0 Å². The first-order chi connectivity index (χ1) is 10.1. The Morgan fingerprint density at radius 1 is 1.19 bits per heavy atom. The van der Waals surface area contributed by atoms with Crippen molar-refractivity contribution in [3.05, 3.63) is 40.2 Å². The van der Waals surface area contributed by atoms with Crippen molar-refractivity contribution in [1.29, 1.82) is 0 Å². The molecule has 0 bridgehead atoms. The normalized spacial score (nSPS) is 11.5. The molecule has 0 aliphatic heterocycles. The van der Waals surface area contributed by atoms with Gasteiger partial charge in [0.05, 0.1) is 0 Å². The zero-order valence-electron chi connectivity index (χ0n) is 12.1. The Labute approximate surface area is 129 Å². The van der Waals surface area contributed by atoms with Crippen LogP contribution in [-0.4, -0.2) is 19.9 Å². The maximum absolute atomic E-state index is 12.4. The van der Waals surface area contributed by atoms with Gasteiger partial charge in [-0.05, 0) is 37.6 Å². The molecular formula is C14H19N3O2S2. The lowest BCUT2D eigenvalue weighted by molar-refractivity contribution is 0.581. The minimum absolute atomic E-state index is 0.180. The fourth-order valence-electron chi connectivity index (χ4n) is 1.86. The standard InChI is InChI=1S/C14H19N3O2S2/c1-3-11-7-8-12(20-11)10-17-21(18,19)13-6-5-9-16-14(13)15-4-2/h5-9,17H,3-4,10H2,1-2H3,(H,15,16). The van der Waals surface area contributed by atoms with Gasteiger partial charge in [0.2, 0.25) is 10.0 Å². The molecule has 114 valence electrons. The van der Waals surface area contributed by atoms with Crippen LogP contribution in [0.4, 0.5) is 5.82 Å². The molecule has 2 rings (SSSR count). The molecule has 0 saturated heterocycles. The van der Waals surface area contributed by atoms with Crippen molar-refractivity contribution >= 4 is 27.2 Å².